The van der Waals surface area contributed by atoms with Gasteiger partial charge in [-0.2, -0.15) is 0 Å². The summed E-state index contributed by atoms with van der Waals surface area (Å²) in [6.45, 7) is -0.329. The van der Waals surface area contributed by atoms with Crippen molar-refractivity contribution in [3.05, 3.63) is 73.8 Å². The molecule has 5 nitrogen and oxygen atoms in total. The number of benzene rings is 2. The fourth-order valence-corrected chi connectivity index (χ4v) is 2.32. The Labute approximate surface area is 130 Å². The predicted octanol–water partition coefficient (Wildman–Crippen LogP) is 4.02. The van der Waals surface area contributed by atoms with Crippen molar-refractivity contribution in [1.82, 2.24) is 0 Å². The number of nitrogens with zero attached hydrogens (tertiary/aromatic N) is 1. The number of carbonyl (C=O) groups excluding carboxylic acids is 1. The molecule has 0 bridgehead atoms. The first kappa shape index (κ1) is 15.3. The van der Waals surface area contributed by atoms with Gasteiger partial charge >= 0.3 is 0 Å². The molecule has 0 unspecified atom stereocenters. The molecule has 0 aliphatic carbocycles. The molecule has 21 heavy (non-hydrogen) atoms. The van der Waals surface area contributed by atoms with Gasteiger partial charge in [-0.1, -0.05) is 35.3 Å². The standard InChI is InChI=1S/C14H10Cl2N2O3/c15-11-5-12(16)7-13(6-11)17-14(19)10-3-1-2-9(4-10)8-18(20)21/h1-7H,8H2,(H,17,19). The summed E-state index contributed by atoms with van der Waals surface area (Å²) >= 11 is 11.7. The highest BCUT2D eigenvalue weighted by Gasteiger charge is 2.10. The number of amides is 1. The number of hydrogen-bond donors (Lipinski definition) is 1. The van der Waals surface area contributed by atoms with Crippen LogP contribution in [0.5, 0.6) is 0 Å². The van der Waals surface area contributed by atoms with E-state index in [4.69, 9.17) is 23.2 Å². The second kappa shape index (κ2) is 6.56. The summed E-state index contributed by atoms with van der Waals surface area (Å²) in [5.41, 5.74) is 1.24. The number of nitro groups is 1. The predicted molar refractivity (Wildman–Crippen MR) is 81.6 cm³/mol. The summed E-state index contributed by atoms with van der Waals surface area (Å²) in [6, 6.07) is 10.9. The highest BCUT2D eigenvalue weighted by Crippen LogP contribution is 2.23. The van der Waals surface area contributed by atoms with Crippen LogP contribution in [-0.2, 0) is 6.54 Å². The van der Waals surface area contributed by atoms with Crippen LogP contribution in [0, 0.1) is 10.1 Å². The van der Waals surface area contributed by atoms with Crippen molar-refractivity contribution < 1.29 is 9.72 Å². The zero-order valence-corrected chi connectivity index (χ0v) is 12.2. The van der Waals surface area contributed by atoms with Crippen molar-refractivity contribution in [2.75, 3.05) is 5.32 Å². The lowest BCUT2D eigenvalue weighted by atomic mass is 10.1. The molecule has 0 spiro atoms. The minimum absolute atomic E-state index is 0.324. The summed E-state index contributed by atoms with van der Waals surface area (Å²) in [5.74, 6) is -0.390. The average molecular weight is 325 g/mol. The Hall–Kier alpha value is -2.11. The normalized spacial score (nSPS) is 10.2. The Kier molecular flexibility index (Phi) is 4.77. The van der Waals surface area contributed by atoms with Crippen molar-refractivity contribution in [2.45, 2.75) is 6.54 Å². The molecular weight excluding hydrogens is 315 g/mol. The molecule has 0 atom stereocenters. The van der Waals surface area contributed by atoms with Crippen molar-refractivity contribution in [3.63, 3.8) is 0 Å². The number of rotatable bonds is 4. The van der Waals surface area contributed by atoms with Crippen LogP contribution < -0.4 is 5.32 Å². The minimum atomic E-state index is -0.451. The van der Waals surface area contributed by atoms with Gasteiger partial charge in [0.05, 0.1) is 0 Å². The molecule has 0 aliphatic rings. The lowest BCUT2D eigenvalue weighted by molar-refractivity contribution is -0.496. The van der Waals surface area contributed by atoms with E-state index in [-0.39, 0.29) is 6.54 Å². The lowest BCUT2D eigenvalue weighted by Gasteiger charge is -2.07. The molecule has 2 aromatic carbocycles. The molecule has 0 saturated carbocycles. The Morgan fingerprint density at radius 3 is 2.43 bits per heavy atom. The van der Waals surface area contributed by atoms with Crippen LogP contribution >= 0.6 is 23.2 Å². The molecule has 2 rings (SSSR count). The quantitative estimate of drug-likeness (QED) is 0.681. The van der Waals surface area contributed by atoms with E-state index in [0.29, 0.717) is 26.9 Å². The maximum Gasteiger partial charge on any atom is 0.255 e. The Bertz CT molecular complexity index is 684. The molecule has 1 amide bonds. The van der Waals surface area contributed by atoms with Crippen molar-refractivity contribution in [1.29, 1.82) is 0 Å². The number of anilines is 1. The highest BCUT2D eigenvalue weighted by atomic mass is 35.5. The van der Waals surface area contributed by atoms with E-state index in [2.05, 4.69) is 5.32 Å². The molecule has 0 saturated heterocycles. The largest absolute Gasteiger partial charge is 0.322 e. The van der Waals surface area contributed by atoms with E-state index >= 15 is 0 Å². The fourth-order valence-electron chi connectivity index (χ4n) is 1.79. The van der Waals surface area contributed by atoms with Gasteiger partial charge in [0.1, 0.15) is 0 Å². The molecule has 0 aromatic heterocycles. The first-order valence-electron chi connectivity index (χ1n) is 5.92. The Morgan fingerprint density at radius 2 is 1.81 bits per heavy atom. The summed E-state index contributed by atoms with van der Waals surface area (Å²) in [4.78, 5) is 22.1. The van der Waals surface area contributed by atoms with Gasteiger partial charge in [0.2, 0.25) is 6.54 Å². The Morgan fingerprint density at radius 1 is 1.14 bits per heavy atom. The third kappa shape index (κ3) is 4.44. The number of nitrogens with one attached hydrogen (secondary N) is 1. The molecule has 108 valence electrons. The second-order valence-corrected chi connectivity index (χ2v) is 5.18. The summed E-state index contributed by atoms with van der Waals surface area (Å²) < 4.78 is 0. The van der Waals surface area contributed by atoms with E-state index in [0.717, 1.165) is 0 Å². The van der Waals surface area contributed by atoms with Crippen LogP contribution in [0.4, 0.5) is 5.69 Å². The SMILES string of the molecule is O=C(Nc1cc(Cl)cc(Cl)c1)c1cccc(C[N+](=O)[O-])c1. The maximum absolute atomic E-state index is 12.1. The van der Waals surface area contributed by atoms with Gasteiger partial charge in [-0.25, -0.2) is 0 Å². The van der Waals surface area contributed by atoms with Gasteiger partial charge in [-0.15, -0.1) is 0 Å². The van der Waals surface area contributed by atoms with E-state index in [9.17, 15) is 14.9 Å². The van der Waals surface area contributed by atoms with Gasteiger partial charge in [0.15, 0.2) is 0 Å². The smallest absolute Gasteiger partial charge is 0.255 e. The molecule has 0 radical (unpaired) electrons. The maximum atomic E-state index is 12.1. The van der Waals surface area contributed by atoms with E-state index in [1.54, 1.807) is 36.4 Å². The van der Waals surface area contributed by atoms with E-state index < -0.39 is 10.8 Å². The Balaban J connectivity index is 2.18. The monoisotopic (exact) mass is 324 g/mol. The van der Waals surface area contributed by atoms with Gasteiger partial charge in [-0.05, 0) is 30.3 Å². The number of hydrogen-bond acceptors (Lipinski definition) is 3. The zero-order valence-electron chi connectivity index (χ0n) is 10.7. The van der Waals surface area contributed by atoms with Crippen LogP contribution in [0.15, 0.2) is 42.5 Å². The van der Waals surface area contributed by atoms with Gasteiger partial charge in [-0.3, -0.25) is 14.9 Å². The van der Waals surface area contributed by atoms with Crippen LogP contribution in [0.25, 0.3) is 0 Å². The summed E-state index contributed by atoms with van der Waals surface area (Å²) in [7, 11) is 0. The van der Waals surface area contributed by atoms with Crippen LogP contribution in [0.2, 0.25) is 10.0 Å². The van der Waals surface area contributed by atoms with Crippen LogP contribution in [0.1, 0.15) is 15.9 Å². The molecule has 0 fully saturated rings. The first-order valence-corrected chi connectivity index (χ1v) is 6.68. The first-order chi connectivity index (χ1) is 9.94. The van der Waals surface area contributed by atoms with Crippen LogP contribution in [-0.4, -0.2) is 10.8 Å². The third-order valence-electron chi connectivity index (χ3n) is 2.62. The number of halogens is 2. The molecule has 7 heteroatoms. The highest BCUT2D eigenvalue weighted by molar-refractivity contribution is 6.35. The van der Waals surface area contributed by atoms with Gasteiger partial charge < -0.3 is 5.32 Å². The fraction of sp³-hybridized carbons (Fsp3) is 0.0714. The topological polar surface area (TPSA) is 72.2 Å². The minimum Gasteiger partial charge on any atom is -0.322 e. The third-order valence-corrected chi connectivity index (χ3v) is 3.06. The van der Waals surface area contributed by atoms with Crippen LogP contribution in [0.3, 0.4) is 0 Å². The molecule has 2 aromatic rings. The number of carbonyl (C=O) groups is 1. The molecule has 1 N–H and O–H groups in total. The second-order valence-electron chi connectivity index (χ2n) is 4.30. The molecular formula is C14H10Cl2N2O3. The zero-order chi connectivity index (χ0) is 15.4. The van der Waals surface area contributed by atoms with Crippen molar-refractivity contribution >= 4 is 34.8 Å². The van der Waals surface area contributed by atoms with E-state index in [1.165, 1.54) is 6.07 Å². The average Bonchev–Trinajstić information content (AvgIpc) is 2.36. The van der Waals surface area contributed by atoms with Gasteiger partial charge in [0.25, 0.3) is 5.91 Å². The lowest BCUT2D eigenvalue weighted by Crippen LogP contribution is -2.12. The van der Waals surface area contributed by atoms with E-state index in [1.807, 2.05) is 0 Å². The molecule has 0 heterocycles. The van der Waals surface area contributed by atoms with Crippen molar-refractivity contribution in [2.24, 2.45) is 0 Å². The summed E-state index contributed by atoms with van der Waals surface area (Å²) in [5, 5.41) is 13.9. The summed E-state index contributed by atoms with van der Waals surface area (Å²) in [6.07, 6.45) is 0. The molecule has 0 aliphatic heterocycles. The van der Waals surface area contributed by atoms with Gasteiger partial charge in [0, 0.05) is 31.8 Å². The van der Waals surface area contributed by atoms with Crippen molar-refractivity contribution in [3.8, 4) is 0 Å².